The molecule has 0 aromatic heterocycles. The third-order valence-corrected chi connectivity index (χ3v) is 3.28. The fourth-order valence-corrected chi connectivity index (χ4v) is 1.93. The molecule has 5 nitrogen and oxygen atoms in total. The third-order valence-electron chi connectivity index (χ3n) is 2.95. The van der Waals surface area contributed by atoms with Gasteiger partial charge in [0.2, 0.25) is 5.91 Å². The number of carbonyl (C=O) groups excluding carboxylic acids is 2. The first-order valence-electron chi connectivity index (χ1n) is 7.55. The lowest BCUT2D eigenvalue weighted by molar-refractivity contribution is -0.121. The van der Waals surface area contributed by atoms with Crippen LogP contribution in [0.2, 0.25) is 5.02 Å². The largest absolute Gasteiger partial charge is 0.356 e. The predicted octanol–water partition coefficient (Wildman–Crippen LogP) is 3.40. The Labute approximate surface area is 136 Å². The first-order chi connectivity index (χ1) is 10.5. The maximum atomic E-state index is 11.7. The zero-order valence-corrected chi connectivity index (χ0v) is 13.9. The van der Waals surface area contributed by atoms with Gasteiger partial charge in [-0.1, -0.05) is 37.6 Å². The Morgan fingerprint density at radius 2 is 1.86 bits per heavy atom. The smallest absolute Gasteiger partial charge is 0.319 e. The highest BCUT2D eigenvalue weighted by molar-refractivity contribution is 6.33. The van der Waals surface area contributed by atoms with Gasteiger partial charge in [-0.25, -0.2) is 4.79 Å². The fourth-order valence-electron chi connectivity index (χ4n) is 1.75. The summed E-state index contributed by atoms with van der Waals surface area (Å²) < 4.78 is 0. The highest BCUT2D eigenvalue weighted by atomic mass is 35.5. The Morgan fingerprint density at radius 1 is 1.14 bits per heavy atom. The van der Waals surface area contributed by atoms with Crippen molar-refractivity contribution in [2.24, 2.45) is 5.92 Å². The van der Waals surface area contributed by atoms with Crippen molar-refractivity contribution in [2.75, 3.05) is 18.4 Å². The number of amides is 3. The van der Waals surface area contributed by atoms with Crippen LogP contribution in [0.25, 0.3) is 0 Å². The summed E-state index contributed by atoms with van der Waals surface area (Å²) in [5, 5.41) is 8.79. The molecule has 0 aliphatic carbocycles. The molecule has 0 aliphatic rings. The van der Waals surface area contributed by atoms with Crippen LogP contribution >= 0.6 is 11.6 Å². The molecule has 1 aromatic carbocycles. The van der Waals surface area contributed by atoms with E-state index in [1.807, 2.05) is 0 Å². The second-order valence-electron chi connectivity index (χ2n) is 5.52. The Morgan fingerprint density at radius 3 is 2.55 bits per heavy atom. The van der Waals surface area contributed by atoms with E-state index in [0.717, 1.165) is 12.8 Å². The molecule has 0 aliphatic heterocycles. The average Bonchev–Trinajstić information content (AvgIpc) is 2.47. The van der Waals surface area contributed by atoms with Gasteiger partial charge in [-0.3, -0.25) is 4.79 Å². The highest BCUT2D eigenvalue weighted by Gasteiger charge is 2.05. The van der Waals surface area contributed by atoms with Gasteiger partial charge in [-0.2, -0.15) is 0 Å². The van der Waals surface area contributed by atoms with Crippen LogP contribution in [0, 0.1) is 5.92 Å². The van der Waals surface area contributed by atoms with Gasteiger partial charge in [-0.05, 0) is 30.9 Å². The quantitative estimate of drug-likeness (QED) is 0.641. The summed E-state index contributed by atoms with van der Waals surface area (Å²) in [6, 6.07) is 6.76. The van der Waals surface area contributed by atoms with E-state index in [9.17, 15) is 9.59 Å². The van der Waals surface area contributed by atoms with Crippen molar-refractivity contribution in [2.45, 2.75) is 33.1 Å². The molecule has 0 saturated heterocycles. The van der Waals surface area contributed by atoms with Crippen molar-refractivity contribution in [1.82, 2.24) is 10.6 Å². The molecule has 3 N–H and O–H groups in total. The molecule has 6 heteroatoms. The van der Waals surface area contributed by atoms with E-state index in [-0.39, 0.29) is 11.9 Å². The summed E-state index contributed by atoms with van der Waals surface area (Å²) in [7, 11) is 0. The van der Waals surface area contributed by atoms with Gasteiger partial charge in [0.1, 0.15) is 0 Å². The molecule has 0 spiro atoms. The van der Waals surface area contributed by atoms with Gasteiger partial charge < -0.3 is 16.0 Å². The first kappa shape index (κ1) is 18.3. The Hall–Kier alpha value is -1.75. The summed E-state index contributed by atoms with van der Waals surface area (Å²) in [5.41, 5.74) is 0.578. The predicted molar refractivity (Wildman–Crippen MR) is 90.2 cm³/mol. The monoisotopic (exact) mass is 325 g/mol. The number of anilines is 1. The molecule has 0 heterocycles. The average molecular weight is 326 g/mol. The van der Waals surface area contributed by atoms with E-state index in [0.29, 0.717) is 36.1 Å². The number of urea groups is 1. The van der Waals surface area contributed by atoms with Gasteiger partial charge >= 0.3 is 6.03 Å². The minimum atomic E-state index is -0.294. The van der Waals surface area contributed by atoms with Crippen LogP contribution in [-0.4, -0.2) is 25.0 Å². The van der Waals surface area contributed by atoms with E-state index in [2.05, 4.69) is 29.8 Å². The van der Waals surface area contributed by atoms with Crippen molar-refractivity contribution in [1.29, 1.82) is 0 Å². The molecule has 0 bridgehead atoms. The van der Waals surface area contributed by atoms with Gasteiger partial charge in [0.15, 0.2) is 0 Å². The highest BCUT2D eigenvalue weighted by Crippen LogP contribution is 2.19. The van der Waals surface area contributed by atoms with Gasteiger partial charge in [0.25, 0.3) is 0 Å². The topological polar surface area (TPSA) is 70.2 Å². The van der Waals surface area contributed by atoms with Gasteiger partial charge in [0, 0.05) is 19.5 Å². The summed E-state index contributed by atoms with van der Waals surface area (Å²) in [6.07, 6.45) is 1.99. The number of nitrogens with one attached hydrogen (secondary N) is 3. The maximum absolute atomic E-state index is 11.7. The van der Waals surface area contributed by atoms with E-state index >= 15 is 0 Å². The zero-order valence-electron chi connectivity index (χ0n) is 13.1. The molecule has 0 unspecified atom stereocenters. The lowest BCUT2D eigenvalue weighted by Crippen LogP contribution is -2.30. The summed E-state index contributed by atoms with van der Waals surface area (Å²) >= 11 is 5.95. The molecule has 0 radical (unpaired) electrons. The SMILES string of the molecule is CC(C)CNC(=O)CCCCNC(=O)Nc1ccccc1Cl. The standard InChI is InChI=1S/C16H24ClN3O2/c1-12(2)11-19-15(21)9-5-6-10-18-16(22)20-14-8-4-3-7-13(14)17/h3-4,7-8,12H,5-6,9-11H2,1-2H3,(H,19,21)(H2,18,20,22). The summed E-state index contributed by atoms with van der Waals surface area (Å²) in [4.78, 5) is 23.2. The van der Waals surface area contributed by atoms with Crippen molar-refractivity contribution in [3.8, 4) is 0 Å². The van der Waals surface area contributed by atoms with Crippen molar-refractivity contribution < 1.29 is 9.59 Å². The molecule has 1 aromatic rings. The molecule has 3 amide bonds. The molecular formula is C16H24ClN3O2. The molecule has 0 saturated carbocycles. The van der Waals surface area contributed by atoms with Crippen LogP contribution in [0.1, 0.15) is 33.1 Å². The Kier molecular flexibility index (Phi) is 8.36. The molecule has 22 heavy (non-hydrogen) atoms. The molecule has 0 atom stereocenters. The second kappa shape index (κ2) is 10.1. The lowest BCUT2D eigenvalue weighted by Gasteiger charge is -2.09. The van der Waals surface area contributed by atoms with Crippen molar-refractivity contribution >= 4 is 29.2 Å². The van der Waals surface area contributed by atoms with Crippen LogP contribution in [0.4, 0.5) is 10.5 Å². The fraction of sp³-hybridized carbons (Fsp3) is 0.500. The van der Waals surface area contributed by atoms with Gasteiger partial charge in [0.05, 0.1) is 10.7 Å². The number of unbranched alkanes of at least 4 members (excludes halogenated alkanes) is 1. The normalized spacial score (nSPS) is 10.4. The van der Waals surface area contributed by atoms with Crippen LogP contribution in [0.15, 0.2) is 24.3 Å². The number of para-hydroxylation sites is 1. The number of hydrogen-bond donors (Lipinski definition) is 3. The first-order valence-corrected chi connectivity index (χ1v) is 7.93. The van der Waals surface area contributed by atoms with Gasteiger partial charge in [-0.15, -0.1) is 0 Å². The number of rotatable bonds is 8. The molecule has 122 valence electrons. The minimum Gasteiger partial charge on any atom is -0.356 e. The van der Waals surface area contributed by atoms with Crippen LogP contribution < -0.4 is 16.0 Å². The van der Waals surface area contributed by atoms with E-state index in [1.165, 1.54) is 0 Å². The summed E-state index contributed by atoms with van der Waals surface area (Å²) in [6.45, 7) is 5.34. The number of benzene rings is 1. The van der Waals surface area contributed by atoms with E-state index < -0.39 is 0 Å². The van der Waals surface area contributed by atoms with E-state index in [4.69, 9.17) is 11.6 Å². The third kappa shape index (κ3) is 7.88. The van der Waals surface area contributed by atoms with Crippen molar-refractivity contribution in [3.05, 3.63) is 29.3 Å². The number of carbonyl (C=O) groups is 2. The Bertz CT molecular complexity index is 492. The lowest BCUT2D eigenvalue weighted by atomic mass is 10.2. The molecule has 1 rings (SSSR count). The summed E-state index contributed by atoms with van der Waals surface area (Å²) in [5.74, 6) is 0.522. The van der Waals surface area contributed by atoms with Crippen LogP contribution in [0.5, 0.6) is 0 Å². The molecular weight excluding hydrogens is 302 g/mol. The van der Waals surface area contributed by atoms with Crippen molar-refractivity contribution in [3.63, 3.8) is 0 Å². The van der Waals surface area contributed by atoms with E-state index in [1.54, 1.807) is 24.3 Å². The van der Waals surface area contributed by atoms with Crippen LogP contribution in [-0.2, 0) is 4.79 Å². The molecule has 0 fully saturated rings. The Balaban J connectivity index is 2.11. The van der Waals surface area contributed by atoms with Crippen LogP contribution in [0.3, 0.4) is 0 Å². The number of hydrogen-bond acceptors (Lipinski definition) is 2. The maximum Gasteiger partial charge on any atom is 0.319 e. The zero-order chi connectivity index (χ0) is 16.4. The minimum absolute atomic E-state index is 0.0641. The second-order valence-corrected chi connectivity index (χ2v) is 5.92. The number of halogens is 1.